The van der Waals surface area contributed by atoms with E-state index in [1.807, 2.05) is 18.2 Å². The number of aromatic nitrogens is 2. The van der Waals surface area contributed by atoms with E-state index in [0.717, 1.165) is 47.5 Å². The van der Waals surface area contributed by atoms with Gasteiger partial charge in [0.25, 0.3) is 0 Å². The number of aryl methyl sites for hydroxylation is 3. The summed E-state index contributed by atoms with van der Waals surface area (Å²) in [5, 5.41) is 2.78. The minimum atomic E-state index is 0.704. The Labute approximate surface area is 164 Å². The minimum Gasteiger partial charge on any atom is -0.327 e. The molecule has 3 aromatic carbocycles. The third kappa shape index (κ3) is 3.67. The average Bonchev–Trinajstić information content (AvgIpc) is 3.09. The summed E-state index contributed by atoms with van der Waals surface area (Å²) < 4.78 is 2.27. The lowest BCUT2D eigenvalue weighted by Gasteiger charge is -2.10. The predicted molar refractivity (Wildman–Crippen MR) is 114 cm³/mol. The average molecular weight is 369 g/mol. The second-order valence-corrected chi connectivity index (χ2v) is 6.98. The molecule has 0 fully saturated rings. The van der Waals surface area contributed by atoms with Gasteiger partial charge in [-0.2, -0.15) is 0 Å². The Kier molecular flexibility index (Phi) is 5.20. The monoisotopic (exact) mass is 369 g/mol. The number of rotatable bonds is 7. The summed E-state index contributed by atoms with van der Waals surface area (Å²) in [6.45, 7) is 2.95. The second-order valence-electron chi connectivity index (χ2n) is 6.98. The van der Waals surface area contributed by atoms with Crippen LogP contribution in [0.2, 0.25) is 0 Å². The number of carbonyl (C=O) groups excluding carboxylic acids is 1. The molecule has 0 aliphatic heterocycles. The SMILES string of the molecule is Cc1cccc(-c2nc3c(NC=O)cccc3n2CCCc2ccccc2)c1. The Morgan fingerprint density at radius 1 is 1.00 bits per heavy atom. The van der Waals surface area contributed by atoms with Crippen molar-refractivity contribution in [1.82, 2.24) is 9.55 Å². The van der Waals surface area contributed by atoms with Crippen molar-refractivity contribution in [2.75, 3.05) is 5.32 Å². The lowest BCUT2D eigenvalue weighted by atomic mass is 10.1. The molecule has 4 aromatic rings. The molecule has 4 nitrogen and oxygen atoms in total. The molecule has 1 N–H and O–H groups in total. The third-order valence-corrected chi connectivity index (χ3v) is 4.96. The predicted octanol–water partition coefficient (Wildman–Crippen LogP) is 5.21. The van der Waals surface area contributed by atoms with Crippen molar-refractivity contribution in [3.8, 4) is 11.4 Å². The molecule has 0 unspecified atom stereocenters. The molecule has 28 heavy (non-hydrogen) atoms. The summed E-state index contributed by atoms with van der Waals surface area (Å²) in [6.07, 6.45) is 2.73. The van der Waals surface area contributed by atoms with Gasteiger partial charge in [0.05, 0.1) is 11.2 Å². The van der Waals surface area contributed by atoms with Crippen molar-refractivity contribution in [2.24, 2.45) is 0 Å². The van der Waals surface area contributed by atoms with Crippen molar-refractivity contribution in [2.45, 2.75) is 26.3 Å². The van der Waals surface area contributed by atoms with Crippen molar-refractivity contribution in [3.05, 3.63) is 83.9 Å². The molecule has 4 rings (SSSR count). The van der Waals surface area contributed by atoms with Gasteiger partial charge < -0.3 is 9.88 Å². The lowest BCUT2D eigenvalue weighted by molar-refractivity contribution is -0.105. The van der Waals surface area contributed by atoms with E-state index >= 15 is 0 Å². The van der Waals surface area contributed by atoms with Crippen LogP contribution in [0, 0.1) is 6.92 Å². The highest BCUT2D eigenvalue weighted by atomic mass is 16.1. The van der Waals surface area contributed by atoms with Gasteiger partial charge >= 0.3 is 0 Å². The number of hydrogen-bond acceptors (Lipinski definition) is 2. The molecule has 0 aliphatic rings. The number of imidazole rings is 1. The maximum Gasteiger partial charge on any atom is 0.211 e. The zero-order valence-electron chi connectivity index (χ0n) is 15.9. The molecule has 0 aliphatic carbocycles. The van der Waals surface area contributed by atoms with Crippen molar-refractivity contribution < 1.29 is 4.79 Å². The zero-order valence-corrected chi connectivity index (χ0v) is 15.9. The van der Waals surface area contributed by atoms with Gasteiger partial charge in [0.15, 0.2) is 0 Å². The number of amides is 1. The van der Waals surface area contributed by atoms with E-state index in [1.165, 1.54) is 11.1 Å². The topological polar surface area (TPSA) is 46.9 Å². The summed E-state index contributed by atoms with van der Waals surface area (Å²) in [5.74, 6) is 0.937. The number of fused-ring (bicyclic) bond motifs is 1. The molecule has 0 radical (unpaired) electrons. The van der Waals surface area contributed by atoms with E-state index in [1.54, 1.807) is 0 Å². The summed E-state index contributed by atoms with van der Waals surface area (Å²) in [5.41, 5.74) is 6.23. The fourth-order valence-electron chi connectivity index (χ4n) is 3.64. The van der Waals surface area contributed by atoms with Gasteiger partial charge in [0.2, 0.25) is 6.41 Å². The van der Waals surface area contributed by atoms with Crippen LogP contribution < -0.4 is 5.32 Å². The van der Waals surface area contributed by atoms with E-state index in [4.69, 9.17) is 4.98 Å². The molecule has 0 atom stereocenters. The largest absolute Gasteiger partial charge is 0.327 e. The van der Waals surface area contributed by atoms with Crippen molar-refractivity contribution in [1.29, 1.82) is 0 Å². The van der Waals surface area contributed by atoms with E-state index in [0.29, 0.717) is 6.41 Å². The molecule has 0 spiro atoms. The van der Waals surface area contributed by atoms with E-state index in [-0.39, 0.29) is 0 Å². The van der Waals surface area contributed by atoms with Gasteiger partial charge in [0.1, 0.15) is 11.3 Å². The van der Waals surface area contributed by atoms with E-state index in [2.05, 4.69) is 71.4 Å². The quantitative estimate of drug-likeness (QED) is 0.454. The van der Waals surface area contributed by atoms with Crippen LogP contribution in [-0.2, 0) is 17.8 Å². The number of nitrogens with one attached hydrogen (secondary N) is 1. The summed E-state index contributed by atoms with van der Waals surface area (Å²) in [4.78, 5) is 15.9. The maximum atomic E-state index is 11.0. The molecule has 1 amide bonds. The van der Waals surface area contributed by atoms with Crippen molar-refractivity contribution >= 4 is 23.1 Å². The third-order valence-electron chi connectivity index (χ3n) is 4.96. The Balaban J connectivity index is 1.74. The van der Waals surface area contributed by atoms with Gasteiger partial charge in [-0.25, -0.2) is 4.98 Å². The number of carbonyl (C=O) groups is 1. The number of nitrogens with zero attached hydrogens (tertiary/aromatic N) is 2. The first-order valence-corrected chi connectivity index (χ1v) is 9.56. The van der Waals surface area contributed by atoms with E-state index in [9.17, 15) is 4.79 Å². The first-order chi connectivity index (χ1) is 13.8. The second kappa shape index (κ2) is 8.09. The number of benzene rings is 3. The fourth-order valence-corrected chi connectivity index (χ4v) is 3.64. The van der Waals surface area contributed by atoms with Crippen LogP contribution in [0.25, 0.3) is 22.4 Å². The molecule has 140 valence electrons. The molecule has 0 bridgehead atoms. The molecule has 1 heterocycles. The van der Waals surface area contributed by atoms with Gasteiger partial charge in [-0.3, -0.25) is 4.79 Å². The fraction of sp³-hybridized carbons (Fsp3) is 0.167. The Morgan fingerprint density at radius 3 is 2.61 bits per heavy atom. The zero-order chi connectivity index (χ0) is 19.3. The molecule has 4 heteroatoms. The highest BCUT2D eigenvalue weighted by molar-refractivity contribution is 5.95. The van der Waals surface area contributed by atoms with Crippen LogP contribution in [0.1, 0.15) is 17.5 Å². The first-order valence-electron chi connectivity index (χ1n) is 9.56. The van der Waals surface area contributed by atoms with Gasteiger partial charge in [-0.1, -0.05) is 60.2 Å². The first kappa shape index (κ1) is 18.0. The minimum absolute atomic E-state index is 0.704. The van der Waals surface area contributed by atoms with Crippen LogP contribution in [0.15, 0.2) is 72.8 Å². The highest BCUT2D eigenvalue weighted by Crippen LogP contribution is 2.30. The lowest BCUT2D eigenvalue weighted by Crippen LogP contribution is -2.02. The number of para-hydroxylation sites is 1. The Hall–Kier alpha value is -3.40. The summed E-state index contributed by atoms with van der Waals surface area (Å²) in [7, 11) is 0. The summed E-state index contributed by atoms with van der Waals surface area (Å²) >= 11 is 0. The van der Waals surface area contributed by atoms with Crippen LogP contribution in [0.5, 0.6) is 0 Å². The molecule has 0 saturated carbocycles. The number of hydrogen-bond donors (Lipinski definition) is 1. The summed E-state index contributed by atoms with van der Waals surface area (Å²) in [6, 6.07) is 24.9. The van der Waals surface area contributed by atoms with Crippen LogP contribution >= 0.6 is 0 Å². The van der Waals surface area contributed by atoms with Gasteiger partial charge in [0, 0.05) is 12.1 Å². The highest BCUT2D eigenvalue weighted by Gasteiger charge is 2.15. The molecule has 0 saturated heterocycles. The van der Waals surface area contributed by atoms with Crippen LogP contribution in [-0.4, -0.2) is 16.0 Å². The van der Waals surface area contributed by atoms with Crippen LogP contribution in [0.4, 0.5) is 5.69 Å². The molecular formula is C24H23N3O. The smallest absolute Gasteiger partial charge is 0.211 e. The molecular weight excluding hydrogens is 346 g/mol. The van der Waals surface area contributed by atoms with Crippen LogP contribution in [0.3, 0.4) is 0 Å². The standard InChI is InChI=1S/C24H23N3O/c1-18-8-5-12-20(16-18)24-26-23-21(25-17-28)13-6-14-22(23)27(24)15-7-11-19-9-3-2-4-10-19/h2-6,8-10,12-14,16-17H,7,11,15H2,1H3,(H,25,28). The van der Waals surface area contributed by atoms with Gasteiger partial charge in [-0.05, 0) is 43.5 Å². The molecule has 1 aromatic heterocycles. The maximum absolute atomic E-state index is 11.0. The Morgan fingerprint density at radius 2 is 1.82 bits per heavy atom. The van der Waals surface area contributed by atoms with E-state index < -0.39 is 0 Å². The normalized spacial score (nSPS) is 10.9. The van der Waals surface area contributed by atoms with Gasteiger partial charge in [-0.15, -0.1) is 0 Å². The number of anilines is 1. The Bertz CT molecular complexity index is 1100. The van der Waals surface area contributed by atoms with Crippen molar-refractivity contribution in [3.63, 3.8) is 0 Å².